The van der Waals surface area contributed by atoms with E-state index in [-0.39, 0.29) is 5.92 Å². The monoisotopic (exact) mass is 680 g/mol. The van der Waals surface area contributed by atoms with Gasteiger partial charge in [0.15, 0.2) is 6.10 Å². The summed E-state index contributed by atoms with van der Waals surface area (Å²) in [6.07, 6.45) is 1.48. The first kappa shape index (κ1) is 32.6. The Balaban J connectivity index is 1.49. The topological polar surface area (TPSA) is 115 Å². The number of ether oxygens (including phenoxy) is 1. The zero-order valence-corrected chi connectivity index (χ0v) is 29.1. The zero-order valence-electron chi connectivity index (χ0n) is 26.7. The molecule has 1 N–H and O–H groups in total. The Labute approximate surface area is 277 Å². The van der Waals surface area contributed by atoms with Gasteiger partial charge < -0.3 is 9.84 Å². The summed E-state index contributed by atoms with van der Waals surface area (Å²) in [6.45, 7) is 8.40. The lowest BCUT2D eigenvalue weighted by Gasteiger charge is -2.29. The zero-order chi connectivity index (χ0) is 33.1. The summed E-state index contributed by atoms with van der Waals surface area (Å²) in [5, 5.41) is 17.7. The van der Waals surface area contributed by atoms with E-state index in [0.717, 1.165) is 54.1 Å². The van der Waals surface area contributed by atoms with Crippen LogP contribution >= 0.6 is 22.9 Å². The number of aryl methyl sites for hydroxylation is 2. The first-order chi connectivity index (χ1) is 21.6. The molecule has 1 saturated heterocycles. The van der Waals surface area contributed by atoms with E-state index in [0.29, 0.717) is 36.5 Å². The average molecular weight is 681 g/mol. The number of carbonyl (C=O) groups is 1. The second kappa shape index (κ2) is 12.0. The smallest absolute Gasteiger partial charge is 0.337 e. The lowest BCUT2D eigenvalue weighted by molar-refractivity contribution is -0.160. The number of rotatable bonds is 7. The molecule has 1 atom stereocenters. The van der Waals surface area contributed by atoms with Crippen molar-refractivity contribution in [1.82, 2.24) is 19.1 Å². The van der Waals surface area contributed by atoms with Crippen molar-refractivity contribution in [2.24, 2.45) is 7.05 Å². The summed E-state index contributed by atoms with van der Waals surface area (Å²) in [7, 11) is -1.30. The second-order valence-corrected chi connectivity index (χ2v) is 16.4. The minimum Gasteiger partial charge on any atom is -0.479 e. The minimum absolute atomic E-state index is 0.143. The molecular formula is C34H37ClN4O5S2. The Morgan fingerprint density at radius 1 is 1.09 bits per heavy atom. The molecular weight excluding hydrogens is 644 g/mol. The molecule has 3 aromatic carbocycles. The van der Waals surface area contributed by atoms with Crippen LogP contribution in [0.3, 0.4) is 0 Å². The molecule has 46 heavy (non-hydrogen) atoms. The number of nitrogens with zero attached hydrogens (tertiary/aromatic N) is 4. The van der Waals surface area contributed by atoms with Crippen LogP contribution in [0, 0.1) is 6.92 Å². The van der Waals surface area contributed by atoms with Gasteiger partial charge in [0.2, 0.25) is 10.0 Å². The first-order valence-corrected chi connectivity index (χ1v) is 18.2. The van der Waals surface area contributed by atoms with E-state index in [9.17, 15) is 18.3 Å². The summed E-state index contributed by atoms with van der Waals surface area (Å²) < 4.78 is 34.6. The van der Waals surface area contributed by atoms with Crippen molar-refractivity contribution >= 4 is 60.0 Å². The van der Waals surface area contributed by atoms with Gasteiger partial charge in [-0.2, -0.15) is 5.10 Å². The number of sulfonamides is 1. The minimum atomic E-state index is -3.22. The number of hydrogen-bond acceptors (Lipinski definition) is 7. The molecule has 9 nitrogen and oxygen atoms in total. The second-order valence-electron chi connectivity index (χ2n) is 13.0. The van der Waals surface area contributed by atoms with Gasteiger partial charge >= 0.3 is 5.97 Å². The normalized spacial score (nSPS) is 16.0. The molecule has 1 aliphatic heterocycles. The molecule has 0 saturated carbocycles. The third-order valence-corrected chi connectivity index (χ3v) is 11.1. The molecule has 5 aromatic rings. The van der Waals surface area contributed by atoms with Crippen LogP contribution in [0.2, 0.25) is 5.02 Å². The Morgan fingerprint density at radius 2 is 1.74 bits per heavy atom. The van der Waals surface area contributed by atoms with Gasteiger partial charge in [-0.05, 0) is 88.1 Å². The molecule has 3 heterocycles. The quantitative estimate of drug-likeness (QED) is 0.189. The standard InChI is InChI=1S/C34H37ClN4O5S2/c1-19-17-25-31(28(20-7-10-23(35)11-8-20)27(19)30(33(40)41)44-34(2,3)4)45-32(36-25)22-9-12-26-24(18-22)29(37-38(26)5)21-13-15-39(16-14-21)46(6,42)43/h7-12,17-18,21,30H,13-16H2,1-6H3,(H,40,41)/t30-/m0/s1. The van der Waals surface area contributed by atoms with Gasteiger partial charge in [0.25, 0.3) is 0 Å². The highest BCUT2D eigenvalue weighted by Gasteiger charge is 2.33. The maximum absolute atomic E-state index is 12.7. The Bertz CT molecular complexity index is 2070. The van der Waals surface area contributed by atoms with E-state index < -0.39 is 27.7 Å². The van der Waals surface area contributed by atoms with Gasteiger partial charge in [-0.15, -0.1) is 11.3 Å². The average Bonchev–Trinajstić information content (AvgIpc) is 3.55. The van der Waals surface area contributed by atoms with Crippen LogP contribution in [0.1, 0.15) is 62.5 Å². The van der Waals surface area contributed by atoms with Gasteiger partial charge in [0, 0.05) is 53.2 Å². The van der Waals surface area contributed by atoms with Crippen LogP contribution in [-0.4, -0.2) is 63.5 Å². The molecule has 0 bridgehead atoms. The molecule has 2 aromatic heterocycles. The largest absolute Gasteiger partial charge is 0.479 e. The van der Waals surface area contributed by atoms with Crippen LogP contribution in [0.5, 0.6) is 0 Å². The van der Waals surface area contributed by atoms with Crippen molar-refractivity contribution in [2.75, 3.05) is 19.3 Å². The Hall–Kier alpha value is -3.35. The highest BCUT2D eigenvalue weighted by atomic mass is 35.5. The number of aromatic nitrogens is 3. The molecule has 1 fully saturated rings. The van der Waals surface area contributed by atoms with Crippen molar-refractivity contribution in [3.05, 3.63) is 70.4 Å². The fraction of sp³-hybridized carbons (Fsp3) is 0.382. The number of piperidine rings is 1. The molecule has 12 heteroatoms. The van der Waals surface area contributed by atoms with Crippen molar-refractivity contribution in [3.63, 3.8) is 0 Å². The van der Waals surface area contributed by atoms with Gasteiger partial charge in [-0.1, -0.05) is 23.7 Å². The lowest BCUT2D eigenvalue weighted by Crippen LogP contribution is -2.37. The van der Waals surface area contributed by atoms with Crippen molar-refractivity contribution in [1.29, 1.82) is 0 Å². The molecule has 0 radical (unpaired) electrons. The van der Waals surface area contributed by atoms with E-state index in [4.69, 9.17) is 26.4 Å². The number of benzene rings is 3. The maximum atomic E-state index is 12.7. The van der Waals surface area contributed by atoms with Crippen LogP contribution in [0.15, 0.2) is 48.5 Å². The fourth-order valence-corrected chi connectivity index (χ4v) is 8.47. The molecule has 242 valence electrons. The van der Waals surface area contributed by atoms with E-state index in [2.05, 4.69) is 6.07 Å². The number of aliphatic carboxylic acids is 1. The molecule has 0 spiro atoms. The number of hydrogen-bond donors (Lipinski definition) is 1. The predicted octanol–water partition coefficient (Wildman–Crippen LogP) is 7.56. The number of carboxylic acids is 1. The SMILES string of the molecule is Cc1cc2nc(-c3ccc4c(c3)c(C3CCN(S(C)(=O)=O)CC3)nn4C)sc2c(-c2ccc(Cl)cc2)c1[C@H](OC(C)(C)C)C(=O)O. The van der Waals surface area contributed by atoms with E-state index in [1.165, 1.54) is 21.9 Å². The van der Waals surface area contributed by atoms with Crippen molar-refractivity contribution in [2.45, 2.75) is 58.2 Å². The summed E-state index contributed by atoms with van der Waals surface area (Å²) in [5.41, 5.74) is 5.94. The van der Waals surface area contributed by atoms with Gasteiger partial charge in [-0.25, -0.2) is 22.5 Å². The van der Waals surface area contributed by atoms with E-state index in [1.807, 2.05) is 69.8 Å². The summed E-state index contributed by atoms with van der Waals surface area (Å²) in [4.78, 5) is 17.8. The summed E-state index contributed by atoms with van der Waals surface area (Å²) in [5.74, 6) is -0.918. The van der Waals surface area contributed by atoms with Crippen LogP contribution in [0.4, 0.5) is 0 Å². The molecule has 1 aliphatic rings. The van der Waals surface area contributed by atoms with Crippen LogP contribution in [-0.2, 0) is 26.6 Å². The summed E-state index contributed by atoms with van der Waals surface area (Å²) >= 11 is 7.77. The molecule has 0 aliphatic carbocycles. The van der Waals surface area contributed by atoms with Crippen LogP contribution in [0.25, 0.3) is 42.8 Å². The highest BCUT2D eigenvalue weighted by molar-refractivity contribution is 7.88. The number of halogens is 1. The van der Waals surface area contributed by atoms with Crippen molar-refractivity contribution in [3.8, 4) is 21.7 Å². The highest BCUT2D eigenvalue weighted by Crippen LogP contribution is 2.45. The van der Waals surface area contributed by atoms with Gasteiger partial charge in [0.1, 0.15) is 5.01 Å². The lowest BCUT2D eigenvalue weighted by atomic mass is 9.91. The van der Waals surface area contributed by atoms with Crippen molar-refractivity contribution < 1.29 is 23.1 Å². The summed E-state index contributed by atoms with van der Waals surface area (Å²) in [6, 6.07) is 15.6. The number of fused-ring (bicyclic) bond motifs is 2. The molecule has 0 unspecified atom stereocenters. The number of carboxylic acid groups (broad SMARTS) is 1. The first-order valence-electron chi connectivity index (χ1n) is 15.1. The maximum Gasteiger partial charge on any atom is 0.337 e. The Morgan fingerprint density at radius 3 is 2.35 bits per heavy atom. The predicted molar refractivity (Wildman–Crippen MR) is 184 cm³/mol. The van der Waals surface area contributed by atoms with Crippen LogP contribution < -0.4 is 0 Å². The molecule has 6 rings (SSSR count). The third kappa shape index (κ3) is 6.31. The fourth-order valence-electron chi connectivity index (χ4n) is 6.35. The Kier molecular flexibility index (Phi) is 8.52. The molecule has 0 amide bonds. The van der Waals surface area contributed by atoms with E-state index in [1.54, 1.807) is 12.1 Å². The van der Waals surface area contributed by atoms with E-state index >= 15 is 0 Å². The number of thiazole rings is 1. The van der Waals surface area contributed by atoms with Gasteiger partial charge in [0.05, 0.1) is 33.3 Å². The third-order valence-electron chi connectivity index (χ3n) is 8.45. The van der Waals surface area contributed by atoms with Gasteiger partial charge in [-0.3, -0.25) is 4.68 Å².